The molecule has 0 radical (unpaired) electrons. The average Bonchev–Trinajstić information content (AvgIpc) is 2.09. The Balaban J connectivity index is 3.60. The molecule has 0 aliphatic rings. The van der Waals surface area contributed by atoms with Crippen molar-refractivity contribution < 1.29 is 0 Å². The molecule has 0 aliphatic carbocycles. The first-order valence-corrected chi connectivity index (χ1v) is 4.98. The van der Waals surface area contributed by atoms with Gasteiger partial charge in [0, 0.05) is 13.1 Å². The van der Waals surface area contributed by atoms with Crippen molar-refractivity contribution in [3.63, 3.8) is 0 Å². The maximum Gasteiger partial charge on any atom is 0.0500 e. The van der Waals surface area contributed by atoms with Crippen LogP contribution in [0.2, 0.25) is 0 Å². The highest BCUT2D eigenvalue weighted by molar-refractivity contribution is 4.57. The molecule has 0 amide bonds. The van der Waals surface area contributed by atoms with Crippen LogP contribution in [0.15, 0.2) is 0 Å². The first-order chi connectivity index (χ1) is 6.20. The summed E-state index contributed by atoms with van der Waals surface area (Å²) in [6.07, 6.45) is 2.14. The van der Waals surface area contributed by atoms with E-state index in [9.17, 15) is 0 Å². The van der Waals surface area contributed by atoms with Gasteiger partial charge in [0.2, 0.25) is 0 Å². The van der Waals surface area contributed by atoms with Gasteiger partial charge in [0.05, 0.1) is 6.67 Å². The number of nitrogens with two attached hydrogens (primary N) is 2. The molecule has 0 unspecified atom stereocenters. The van der Waals surface area contributed by atoms with Gasteiger partial charge in [-0.15, -0.1) is 0 Å². The van der Waals surface area contributed by atoms with Gasteiger partial charge < -0.3 is 11.5 Å². The molecular formula is C9H24N4. The molecule has 13 heavy (non-hydrogen) atoms. The van der Waals surface area contributed by atoms with E-state index in [4.69, 9.17) is 11.5 Å². The molecule has 0 aromatic heterocycles. The van der Waals surface area contributed by atoms with E-state index in [0.717, 1.165) is 45.7 Å². The third-order valence-electron chi connectivity index (χ3n) is 1.84. The van der Waals surface area contributed by atoms with Crippen LogP contribution in [0.25, 0.3) is 0 Å². The van der Waals surface area contributed by atoms with Crippen molar-refractivity contribution in [1.29, 1.82) is 0 Å². The molecule has 4 heteroatoms. The Bertz CT molecular complexity index is 97.8. The van der Waals surface area contributed by atoms with Gasteiger partial charge in [0.1, 0.15) is 0 Å². The van der Waals surface area contributed by atoms with E-state index in [1.54, 1.807) is 0 Å². The van der Waals surface area contributed by atoms with E-state index in [-0.39, 0.29) is 0 Å². The Morgan fingerprint density at radius 2 is 1.38 bits per heavy atom. The van der Waals surface area contributed by atoms with Crippen LogP contribution in [0, 0.1) is 0 Å². The fourth-order valence-corrected chi connectivity index (χ4v) is 1.28. The van der Waals surface area contributed by atoms with Gasteiger partial charge in [-0.3, -0.25) is 9.80 Å². The second kappa shape index (κ2) is 8.44. The molecule has 0 rings (SSSR count). The summed E-state index contributed by atoms with van der Waals surface area (Å²) < 4.78 is 0. The Hall–Kier alpha value is -0.160. The highest BCUT2D eigenvalue weighted by Gasteiger charge is 2.03. The summed E-state index contributed by atoms with van der Waals surface area (Å²) >= 11 is 0. The van der Waals surface area contributed by atoms with Gasteiger partial charge in [-0.2, -0.15) is 0 Å². The van der Waals surface area contributed by atoms with E-state index >= 15 is 0 Å². The molecule has 0 aliphatic heterocycles. The molecule has 0 atom stereocenters. The molecule has 0 heterocycles. The highest BCUT2D eigenvalue weighted by atomic mass is 15.3. The van der Waals surface area contributed by atoms with Crippen LogP contribution in [0.1, 0.15) is 12.8 Å². The molecule has 0 aromatic rings. The predicted molar refractivity (Wildman–Crippen MR) is 57.5 cm³/mol. The number of nitrogens with zero attached hydrogens (tertiary/aromatic N) is 2. The Labute approximate surface area is 81.9 Å². The smallest absolute Gasteiger partial charge is 0.0500 e. The largest absolute Gasteiger partial charge is 0.330 e. The molecule has 0 spiro atoms. The van der Waals surface area contributed by atoms with Crippen LogP contribution in [0.3, 0.4) is 0 Å². The molecule has 0 aromatic carbocycles. The Kier molecular flexibility index (Phi) is 8.33. The van der Waals surface area contributed by atoms with Crippen LogP contribution < -0.4 is 11.5 Å². The minimum Gasteiger partial charge on any atom is -0.330 e. The zero-order valence-corrected chi connectivity index (χ0v) is 9.00. The van der Waals surface area contributed by atoms with Gasteiger partial charge in [-0.1, -0.05) is 0 Å². The Morgan fingerprint density at radius 3 is 1.69 bits per heavy atom. The summed E-state index contributed by atoms with van der Waals surface area (Å²) in [7, 11) is 4.16. The maximum atomic E-state index is 5.47. The van der Waals surface area contributed by atoms with Gasteiger partial charge in [-0.25, -0.2) is 0 Å². The van der Waals surface area contributed by atoms with E-state index in [1.165, 1.54) is 0 Å². The minimum atomic E-state index is 0.770. The fourth-order valence-electron chi connectivity index (χ4n) is 1.28. The molecule has 4 nitrogen and oxygen atoms in total. The van der Waals surface area contributed by atoms with Crippen molar-refractivity contribution in [1.82, 2.24) is 9.80 Å². The van der Waals surface area contributed by atoms with Crippen molar-refractivity contribution in [3.05, 3.63) is 0 Å². The lowest BCUT2D eigenvalue weighted by atomic mass is 10.3. The lowest BCUT2D eigenvalue weighted by molar-refractivity contribution is 0.174. The molecule has 80 valence electrons. The highest BCUT2D eigenvalue weighted by Crippen LogP contribution is 1.94. The third kappa shape index (κ3) is 8.18. The van der Waals surface area contributed by atoms with Gasteiger partial charge in [0.25, 0.3) is 0 Å². The molecule has 0 fully saturated rings. The number of hydrogen-bond donors (Lipinski definition) is 2. The normalized spacial score (nSPS) is 11.5. The summed E-state index contributed by atoms with van der Waals surface area (Å²) in [5.41, 5.74) is 10.9. The van der Waals surface area contributed by atoms with Crippen LogP contribution in [0.4, 0.5) is 0 Å². The van der Waals surface area contributed by atoms with Crippen LogP contribution in [-0.4, -0.2) is 56.7 Å². The first kappa shape index (κ1) is 12.8. The minimum absolute atomic E-state index is 0.770. The molecule has 0 saturated carbocycles. The van der Waals surface area contributed by atoms with Crippen LogP contribution >= 0.6 is 0 Å². The monoisotopic (exact) mass is 188 g/mol. The van der Waals surface area contributed by atoms with Gasteiger partial charge in [0.15, 0.2) is 0 Å². The number of hydrogen-bond acceptors (Lipinski definition) is 4. The van der Waals surface area contributed by atoms with Crippen molar-refractivity contribution in [2.45, 2.75) is 12.8 Å². The van der Waals surface area contributed by atoms with Gasteiger partial charge >= 0.3 is 0 Å². The SMILES string of the molecule is CN(C)CN(CCCN)CCCN. The fraction of sp³-hybridized carbons (Fsp3) is 1.00. The summed E-state index contributed by atoms with van der Waals surface area (Å²) in [4.78, 5) is 4.56. The molecule has 0 saturated heterocycles. The topological polar surface area (TPSA) is 58.5 Å². The first-order valence-electron chi connectivity index (χ1n) is 4.98. The summed E-state index contributed by atoms with van der Waals surface area (Å²) in [6.45, 7) is 4.70. The van der Waals surface area contributed by atoms with Gasteiger partial charge in [-0.05, 0) is 40.0 Å². The second-order valence-corrected chi connectivity index (χ2v) is 3.62. The molecular weight excluding hydrogens is 164 g/mol. The Morgan fingerprint density at radius 1 is 0.923 bits per heavy atom. The van der Waals surface area contributed by atoms with Crippen molar-refractivity contribution >= 4 is 0 Å². The lowest BCUT2D eigenvalue weighted by Crippen LogP contribution is -2.36. The van der Waals surface area contributed by atoms with E-state index in [2.05, 4.69) is 23.9 Å². The maximum absolute atomic E-state index is 5.47. The molecule has 4 N–H and O–H groups in total. The van der Waals surface area contributed by atoms with Crippen molar-refractivity contribution in [2.75, 3.05) is 46.9 Å². The second-order valence-electron chi connectivity index (χ2n) is 3.62. The molecule has 0 bridgehead atoms. The van der Waals surface area contributed by atoms with Crippen LogP contribution in [0.5, 0.6) is 0 Å². The lowest BCUT2D eigenvalue weighted by Gasteiger charge is -2.25. The van der Waals surface area contributed by atoms with E-state index in [0.29, 0.717) is 0 Å². The van der Waals surface area contributed by atoms with Crippen LogP contribution in [-0.2, 0) is 0 Å². The summed E-state index contributed by atoms with van der Waals surface area (Å²) in [6, 6.07) is 0. The zero-order valence-electron chi connectivity index (χ0n) is 9.00. The van der Waals surface area contributed by atoms with E-state index in [1.807, 2.05) is 0 Å². The standard InChI is InChI=1S/C9H24N4/c1-12(2)9-13(7-3-5-10)8-4-6-11/h3-11H2,1-2H3. The quantitative estimate of drug-likeness (QED) is 0.504. The van der Waals surface area contributed by atoms with Crippen molar-refractivity contribution in [2.24, 2.45) is 11.5 Å². The third-order valence-corrected chi connectivity index (χ3v) is 1.84. The van der Waals surface area contributed by atoms with E-state index < -0.39 is 0 Å². The predicted octanol–water partition coefficient (Wildman–Crippen LogP) is -0.495. The zero-order chi connectivity index (χ0) is 10.1. The van der Waals surface area contributed by atoms with Crippen molar-refractivity contribution in [3.8, 4) is 0 Å². The average molecular weight is 188 g/mol. The summed E-state index contributed by atoms with van der Waals surface area (Å²) in [5.74, 6) is 0. The number of rotatable bonds is 8. The summed E-state index contributed by atoms with van der Waals surface area (Å²) in [5, 5.41) is 0.